The van der Waals surface area contributed by atoms with Gasteiger partial charge in [-0.05, 0) is 29.8 Å². The van der Waals surface area contributed by atoms with Crippen molar-refractivity contribution < 1.29 is 14.3 Å². The van der Waals surface area contributed by atoms with Crippen LogP contribution in [-0.2, 0) is 4.79 Å². The fraction of sp³-hybridized carbons (Fsp3) is 0.160. The highest BCUT2D eigenvalue weighted by atomic mass is 32.2. The minimum absolute atomic E-state index is 0.151. The summed E-state index contributed by atoms with van der Waals surface area (Å²) in [5, 5.41) is 11.9. The number of nitrogens with zero attached hydrogens (tertiary/aromatic N) is 3. The number of aromatic nitrogens is 3. The third-order valence-electron chi connectivity index (χ3n) is 5.54. The zero-order chi connectivity index (χ0) is 23.5. The van der Waals surface area contributed by atoms with Crippen molar-refractivity contribution in [2.24, 2.45) is 0 Å². The van der Waals surface area contributed by atoms with E-state index in [1.165, 1.54) is 11.8 Å². The molecular weight excluding hydrogens is 450 g/mol. The second-order valence-corrected chi connectivity index (χ2v) is 8.76. The van der Waals surface area contributed by atoms with Crippen molar-refractivity contribution in [1.29, 1.82) is 0 Å². The SMILES string of the molecule is COc1ccc([C@H]2Nn3c(nnc3-c3ccccc3)S[C@H]2C(=O)Nc2cccc(OC)c2)cc1. The van der Waals surface area contributed by atoms with Crippen LogP contribution in [0.15, 0.2) is 84.0 Å². The first-order chi connectivity index (χ1) is 16.7. The van der Waals surface area contributed by atoms with Crippen LogP contribution in [0.25, 0.3) is 11.4 Å². The second kappa shape index (κ2) is 9.48. The lowest BCUT2D eigenvalue weighted by molar-refractivity contribution is -0.116. The summed E-state index contributed by atoms with van der Waals surface area (Å²) in [4.78, 5) is 13.5. The van der Waals surface area contributed by atoms with Crippen LogP contribution in [0.4, 0.5) is 5.69 Å². The zero-order valence-electron chi connectivity index (χ0n) is 18.6. The highest BCUT2D eigenvalue weighted by Crippen LogP contribution is 2.39. The van der Waals surface area contributed by atoms with Gasteiger partial charge < -0.3 is 20.2 Å². The van der Waals surface area contributed by atoms with E-state index in [9.17, 15) is 4.79 Å². The van der Waals surface area contributed by atoms with E-state index in [-0.39, 0.29) is 11.9 Å². The van der Waals surface area contributed by atoms with Gasteiger partial charge >= 0.3 is 0 Å². The van der Waals surface area contributed by atoms with Crippen molar-refractivity contribution in [3.63, 3.8) is 0 Å². The topological polar surface area (TPSA) is 90.3 Å². The lowest BCUT2D eigenvalue weighted by Crippen LogP contribution is -2.41. The molecule has 2 N–H and O–H groups in total. The number of anilines is 1. The van der Waals surface area contributed by atoms with Crippen molar-refractivity contribution in [3.8, 4) is 22.9 Å². The van der Waals surface area contributed by atoms with Crippen LogP contribution < -0.4 is 20.2 Å². The molecule has 1 aliphatic rings. The van der Waals surface area contributed by atoms with Gasteiger partial charge in [-0.15, -0.1) is 10.2 Å². The number of ether oxygens (including phenoxy) is 2. The summed E-state index contributed by atoms with van der Waals surface area (Å²) >= 11 is 1.38. The molecule has 0 aliphatic carbocycles. The van der Waals surface area contributed by atoms with Gasteiger partial charge in [-0.3, -0.25) is 4.79 Å². The molecule has 0 saturated carbocycles. The Morgan fingerprint density at radius 3 is 2.44 bits per heavy atom. The maximum Gasteiger partial charge on any atom is 0.240 e. The fourth-order valence-corrected chi connectivity index (χ4v) is 4.88. The molecule has 4 aromatic rings. The van der Waals surface area contributed by atoms with Gasteiger partial charge in [0.1, 0.15) is 16.7 Å². The number of carbonyl (C=O) groups is 1. The van der Waals surface area contributed by atoms with Gasteiger partial charge in [-0.25, -0.2) is 4.68 Å². The quantitative estimate of drug-likeness (QED) is 0.430. The van der Waals surface area contributed by atoms with E-state index >= 15 is 0 Å². The number of hydrogen-bond donors (Lipinski definition) is 2. The van der Waals surface area contributed by atoms with Gasteiger partial charge in [0.2, 0.25) is 11.1 Å². The van der Waals surface area contributed by atoms with Crippen LogP contribution in [-0.4, -0.2) is 40.3 Å². The van der Waals surface area contributed by atoms with Crippen molar-refractivity contribution in [1.82, 2.24) is 14.9 Å². The first-order valence-corrected chi connectivity index (χ1v) is 11.6. The number of hydrogen-bond acceptors (Lipinski definition) is 7. The Balaban J connectivity index is 1.50. The van der Waals surface area contributed by atoms with Crippen molar-refractivity contribution in [2.45, 2.75) is 16.4 Å². The van der Waals surface area contributed by atoms with Crippen LogP contribution >= 0.6 is 11.8 Å². The molecule has 0 bridgehead atoms. The van der Waals surface area contributed by atoms with E-state index in [1.54, 1.807) is 20.3 Å². The number of nitrogens with one attached hydrogen (secondary N) is 2. The van der Waals surface area contributed by atoms with E-state index in [0.717, 1.165) is 16.9 Å². The molecule has 1 amide bonds. The monoisotopic (exact) mass is 473 g/mol. The molecule has 8 nitrogen and oxygen atoms in total. The number of carbonyl (C=O) groups excluding carboxylic acids is 1. The third kappa shape index (κ3) is 4.29. The maximum atomic E-state index is 13.5. The minimum atomic E-state index is -0.500. The molecule has 9 heteroatoms. The molecule has 0 unspecified atom stereocenters. The Kier molecular flexibility index (Phi) is 6.09. The Labute approximate surface area is 201 Å². The summed E-state index contributed by atoms with van der Waals surface area (Å²) in [7, 11) is 3.22. The smallest absolute Gasteiger partial charge is 0.240 e. The molecule has 1 aromatic heterocycles. The normalized spacial score (nSPS) is 16.8. The van der Waals surface area contributed by atoms with E-state index in [0.29, 0.717) is 22.4 Å². The average molecular weight is 474 g/mol. The standard InChI is InChI=1S/C25H23N5O3S/c1-32-19-13-11-16(12-14-19)21-22(24(31)26-18-9-6-10-20(15-18)33-2)34-25-28-27-23(30(25)29-21)17-7-4-3-5-8-17/h3-15,21-22,29H,1-2H3,(H,26,31)/t21-,22-/m1/s1. The van der Waals surface area contributed by atoms with Gasteiger partial charge in [0.15, 0.2) is 5.82 Å². The van der Waals surface area contributed by atoms with Crippen LogP contribution in [0, 0.1) is 0 Å². The number of methoxy groups -OCH3 is 2. The fourth-order valence-electron chi connectivity index (χ4n) is 3.80. The number of thioether (sulfide) groups is 1. The number of rotatable bonds is 6. The summed E-state index contributed by atoms with van der Waals surface area (Å²) in [6.07, 6.45) is 0. The maximum absolute atomic E-state index is 13.5. The van der Waals surface area contributed by atoms with E-state index in [4.69, 9.17) is 9.47 Å². The molecule has 0 fully saturated rings. The average Bonchev–Trinajstić information content (AvgIpc) is 3.31. The highest BCUT2D eigenvalue weighted by Gasteiger charge is 2.38. The molecule has 3 aromatic carbocycles. The van der Waals surface area contributed by atoms with Crippen LogP contribution in [0.1, 0.15) is 11.6 Å². The summed E-state index contributed by atoms with van der Waals surface area (Å²) in [6.45, 7) is 0. The zero-order valence-corrected chi connectivity index (χ0v) is 19.5. The lowest BCUT2D eigenvalue weighted by Gasteiger charge is -2.33. The molecule has 172 valence electrons. The summed E-state index contributed by atoms with van der Waals surface area (Å²) < 4.78 is 12.4. The first-order valence-electron chi connectivity index (χ1n) is 10.7. The van der Waals surface area contributed by atoms with Crippen molar-refractivity contribution in [3.05, 3.63) is 84.4 Å². The van der Waals surface area contributed by atoms with E-state index in [2.05, 4.69) is 20.9 Å². The number of benzene rings is 3. The number of amides is 1. The Morgan fingerprint density at radius 1 is 0.941 bits per heavy atom. The van der Waals surface area contributed by atoms with Crippen LogP contribution in [0.5, 0.6) is 11.5 Å². The molecule has 2 heterocycles. The van der Waals surface area contributed by atoms with Gasteiger partial charge in [0.05, 0.1) is 20.3 Å². The molecule has 0 radical (unpaired) electrons. The molecule has 34 heavy (non-hydrogen) atoms. The predicted octanol–water partition coefficient (Wildman–Crippen LogP) is 4.36. The van der Waals surface area contributed by atoms with Crippen molar-refractivity contribution >= 4 is 23.4 Å². The van der Waals surface area contributed by atoms with Gasteiger partial charge in [-0.1, -0.05) is 60.3 Å². The largest absolute Gasteiger partial charge is 0.497 e. The van der Waals surface area contributed by atoms with Gasteiger partial charge in [0.25, 0.3) is 0 Å². The Hall–Kier alpha value is -3.98. The predicted molar refractivity (Wildman–Crippen MR) is 132 cm³/mol. The van der Waals surface area contributed by atoms with Crippen LogP contribution in [0.2, 0.25) is 0 Å². The number of fused-ring (bicyclic) bond motifs is 1. The molecule has 0 saturated heterocycles. The molecular formula is C25H23N5O3S. The third-order valence-corrected chi connectivity index (χ3v) is 6.75. The summed E-state index contributed by atoms with van der Waals surface area (Å²) in [5.41, 5.74) is 6.02. The molecule has 5 rings (SSSR count). The van der Waals surface area contributed by atoms with Crippen LogP contribution in [0.3, 0.4) is 0 Å². The highest BCUT2D eigenvalue weighted by molar-refractivity contribution is 8.00. The Morgan fingerprint density at radius 2 is 1.71 bits per heavy atom. The second-order valence-electron chi connectivity index (χ2n) is 7.65. The molecule has 1 aliphatic heterocycles. The summed E-state index contributed by atoms with van der Waals surface area (Å²) in [6, 6.07) is 24.5. The minimum Gasteiger partial charge on any atom is -0.497 e. The summed E-state index contributed by atoms with van der Waals surface area (Å²) in [5.74, 6) is 1.96. The van der Waals surface area contributed by atoms with E-state index in [1.807, 2.05) is 77.5 Å². The van der Waals surface area contributed by atoms with Crippen molar-refractivity contribution in [2.75, 3.05) is 25.0 Å². The molecule has 2 atom stereocenters. The lowest BCUT2D eigenvalue weighted by atomic mass is 10.0. The molecule has 0 spiro atoms. The first kappa shape index (κ1) is 21.8. The Bertz CT molecular complexity index is 1290. The van der Waals surface area contributed by atoms with E-state index < -0.39 is 5.25 Å². The van der Waals surface area contributed by atoms with Gasteiger partial charge in [-0.2, -0.15) is 0 Å². The van der Waals surface area contributed by atoms with Gasteiger partial charge in [0, 0.05) is 17.3 Å².